The van der Waals surface area contributed by atoms with Crippen molar-refractivity contribution >= 4 is 29.0 Å². The summed E-state index contributed by atoms with van der Waals surface area (Å²) in [6, 6.07) is 6.60. The number of nitrogen functional groups attached to an aromatic ring is 1. The van der Waals surface area contributed by atoms with Crippen molar-refractivity contribution in [2.75, 3.05) is 16.4 Å². The molecule has 6 nitrogen and oxygen atoms in total. The molecule has 1 aromatic carbocycles. The minimum Gasteiger partial charge on any atom is -0.384 e. The first-order valence-corrected chi connectivity index (χ1v) is 6.24. The van der Waals surface area contributed by atoms with Crippen LogP contribution >= 0.6 is 0 Å². The Labute approximate surface area is 123 Å². The summed E-state index contributed by atoms with van der Waals surface area (Å²) >= 11 is 0. The number of aromatic nitrogens is 1. The van der Waals surface area contributed by atoms with Crippen LogP contribution in [0.3, 0.4) is 0 Å². The molecule has 0 spiro atoms. The Hall–Kier alpha value is -3.03. The fraction of sp³-hybridized carbons (Fsp3) is 0.0714. The van der Waals surface area contributed by atoms with Crippen molar-refractivity contribution in [2.45, 2.75) is 5.92 Å². The topological polar surface area (TPSA) is 97.1 Å². The summed E-state index contributed by atoms with van der Waals surface area (Å²) in [6.45, 7) is 0. The van der Waals surface area contributed by atoms with Gasteiger partial charge in [-0.2, -0.15) is 8.78 Å². The van der Waals surface area contributed by atoms with Gasteiger partial charge < -0.3 is 16.4 Å². The van der Waals surface area contributed by atoms with Crippen molar-refractivity contribution in [1.29, 1.82) is 0 Å². The lowest BCUT2D eigenvalue weighted by atomic mass is 10.1. The van der Waals surface area contributed by atoms with Crippen LogP contribution in [0.25, 0.3) is 0 Å². The molecule has 0 bridgehead atoms. The number of halogens is 2. The number of amides is 2. The maximum atomic E-state index is 13.7. The number of anilines is 3. The number of alkyl halides is 2. The number of nitrogens with zero attached hydrogens (tertiary/aromatic N) is 1. The van der Waals surface area contributed by atoms with Gasteiger partial charge in [0, 0.05) is 17.4 Å². The van der Waals surface area contributed by atoms with Crippen LogP contribution in [0.1, 0.15) is 15.9 Å². The predicted molar refractivity (Wildman–Crippen MR) is 75.6 cm³/mol. The Balaban J connectivity index is 1.87. The molecule has 2 heterocycles. The Bertz CT molecular complexity index is 792. The van der Waals surface area contributed by atoms with Gasteiger partial charge in [-0.25, -0.2) is 4.98 Å². The number of fused-ring (bicyclic) bond motifs is 1. The van der Waals surface area contributed by atoms with Crippen molar-refractivity contribution in [1.82, 2.24) is 4.98 Å². The zero-order valence-electron chi connectivity index (χ0n) is 11.1. The maximum Gasteiger partial charge on any atom is 0.352 e. The van der Waals surface area contributed by atoms with E-state index < -0.39 is 23.3 Å². The molecule has 0 fully saturated rings. The van der Waals surface area contributed by atoms with Gasteiger partial charge in [-0.15, -0.1) is 0 Å². The molecule has 8 heteroatoms. The van der Waals surface area contributed by atoms with Gasteiger partial charge in [0.2, 0.25) is 0 Å². The Morgan fingerprint density at radius 3 is 2.77 bits per heavy atom. The summed E-state index contributed by atoms with van der Waals surface area (Å²) in [5, 5.41) is 4.55. The number of nitrogens with one attached hydrogen (secondary N) is 2. The van der Waals surface area contributed by atoms with E-state index in [4.69, 9.17) is 5.73 Å². The van der Waals surface area contributed by atoms with E-state index in [0.29, 0.717) is 0 Å². The van der Waals surface area contributed by atoms with Crippen LogP contribution in [0.4, 0.5) is 26.0 Å². The predicted octanol–water partition coefficient (Wildman–Crippen LogP) is 1.96. The zero-order chi connectivity index (χ0) is 15.9. The third-order valence-corrected chi connectivity index (χ3v) is 3.19. The van der Waals surface area contributed by atoms with Crippen LogP contribution < -0.4 is 16.4 Å². The van der Waals surface area contributed by atoms with E-state index in [1.807, 2.05) is 0 Å². The second-order valence-corrected chi connectivity index (χ2v) is 4.71. The highest BCUT2D eigenvalue weighted by atomic mass is 19.3. The number of carbonyl (C=O) groups excluding carboxylic acids is 2. The van der Waals surface area contributed by atoms with E-state index in [1.165, 1.54) is 30.5 Å². The molecule has 0 saturated heterocycles. The SMILES string of the molecule is Nc1cc(C(=O)Nc2ccc3c(c2)C(F)(F)C(=O)N3)ccn1. The molecule has 0 atom stereocenters. The van der Waals surface area contributed by atoms with Crippen molar-refractivity contribution < 1.29 is 18.4 Å². The highest BCUT2D eigenvalue weighted by Gasteiger charge is 2.48. The summed E-state index contributed by atoms with van der Waals surface area (Å²) in [7, 11) is 0. The van der Waals surface area contributed by atoms with E-state index in [0.717, 1.165) is 6.07 Å². The molecule has 112 valence electrons. The fourth-order valence-corrected chi connectivity index (χ4v) is 2.11. The van der Waals surface area contributed by atoms with Gasteiger partial charge in [-0.1, -0.05) is 0 Å². The van der Waals surface area contributed by atoms with Crippen molar-refractivity contribution in [3.8, 4) is 0 Å². The molecule has 4 N–H and O–H groups in total. The van der Waals surface area contributed by atoms with Crippen LogP contribution in [0, 0.1) is 0 Å². The van der Waals surface area contributed by atoms with E-state index in [2.05, 4.69) is 15.6 Å². The molecular weight excluding hydrogens is 294 g/mol. The largest absolute Gasteiger partial charge is 0.384 e. The average Bonchev–Trinajstić information content (AvgIpc) is 2.70. The van der Waals surface area contributed by atoms with E-state index in [1.54, 1.807) is 0 Å². The molecule has 3 rings (SSSR count). The summed E-state index contributed by atoms with van der Waals surface area (Å²) < 4.78 is 27.3. The molecule has 0 saturated carbocycles. The standard InChI is InChI=1S/C14H10F2N4O2/c15-14(16)9-6-8(1-2-10(9)20-13(14)22)19-12(21)7-3-4-18-11(17)5-7/h1-6H,(H2,17,18)(H,19,21)(H,20,22). The molecule has 0 unspecified atom stereocenters. The van der Waals surface area contributed by atoms with Crippen LogP contribution in [-0.2, 0) is 10.7 Å². The molecule has 22 heavy (non-hydrogen) atoms. The van der Waals surface area contributed by atoms with Gasteiger partial charge in [-0.05, 0) is 30.3 Å². The number of pyridine rings is 1. The average molecular weight is 304 g/mol. The van der Waals surface area contributed by atoms with Gasteiger partial charge in [0.25, 0.3) is 11.8 Å². The van der Waals surface area contributed by atoms with Crippen molar-refractivity contribution in [2.24, 2.45) is 0 Å². The van der Waals surface area contributed by atoms with Gasteiger partial charge in [0.1, 0.15) is 5.82 Å². The highest BCUT2D eigenvalue weighted by Crippen LogP contribution is 2.41. The van der Waals surface area contributed by atoms with Crippen LogP contribution in [0.2, 0.25) is 0 Å². The van der Waals surface area contributed by atoms with Gasteiger partial charge in [-0.3, -0.25) is 9.59 Å². The fourth-order valence-electron chi connectivity index (χ4n) is 2.11. The number of rotatable bonds is 2. The highest BCUT2D eigenvalue weighted by molar-refractivity contribution is 6.07. The molecule has 2 amide bonds. The first-order chi connectivity index (χ1) is 10.4. The van der Waals surface area contributed by atoms with E-state index in [-0.39, 0.29) is 22.8 Å². The summed E-state index contributed by atoms with van der Waals surface area (Å²) in [5.41, 5.74) is 5.43. The zero-order valence-corrected chi connectivity index (χ0v) is 11.1. The Kier molecular flexibility index (Phi) is 3.01. The minimum atomic E-state index is -3.61. The first-order valence-electron chi connectivity index (χ1n) is 6.24. The van der Waals surface area contributed by atoms with Crippen molar-refractivity contribution in [3.63, 3.8) is 0 Å². The molecule has 1 aromatic heterocycles. The van der Waals surface area contributed by atoms with Crippen molar-refractivity contribution in [3.05, 3.63) is 47.7 Å². The second-order valence-electron chi connectivity index (χ2n) is 4.71. The van der Waals surface area contributed by atoms with Gasteiger partial charge >= 0.3 is 5.92 Å². The lowest BCUT2D eigenvalue weighted by Gasteiger charge is -2.10. The number of hydrogen-bond acceptors (Lipinski definition) is 4. The number of nitrogens with two attached hydrogens (primary N) is 1. The molecule has 2 aromatic rings. The summed E-state index contributed by atoms with van der Waals surface area (Å²) in [6.07, 6.45) is 1.36. The molecule has 0 aliphatic carbocycles. The molecule has 0 radical (unpaired) electrons. The first kappa shape index (κ1) is 13.9. The minimum absolute atomic E-state index is 0.0288. The quantitative estimate of drug-likeness (QED) is 0.790. The lowest BCUT2D eigenvalue weighted by molar-refractivity contribution is -0.139. The van der Waals surface area contributed by atoms with Crippen LogP contribution in [-0.4, -0.2) is 16.8 Å². The van der Waals surface area contributed by atoms with Gasteiger partial charge in [0.05, 0.1) is 11.3 Å². The third kappa shape index (κ3) is 2.24. The van der Waals surface area contributed by atoms with Crippen LogP contribution in [0.5, 0.6) is 0 Å². The van der Waals surface area contributed by atoms with Crippen LogP contribution in [0.15, 0.2) is 36.5 Å². The smallest absolute Gasteiger partial charge is 0.352 e. The third-order valence-electron chi connectivity index (χ3n) is 3.19. The summed E-state index contributed by atoms with van der Waals surface area (Å²) in [4.78, 5) is 27.0. The molecule has 1 aliphatic heterocycles. The molecular formula is C14H10F2N4O2. The number of carbonyl (C=O) groups is 2. The molecule has 1 aliphatic rings. The van der Waals surface area contributed by atoms with E-state index >= 15 is 0 Å². The lowest BCUT2D eigenvalue weighted by Crippen LogP contribution is -2.23. The Morgan fingerprint density at radius 2 is 2.05 bits per heavy atom. The number of hydrogen-bond donors (Lipinski definition) is 3. The van der Waals surface area contributed by atoms with E-state index in [9.17, 15) is 18.4 Å². The summed E-state index contributed by atoms with van der Waals surface area (Å²) in [5.74, 6) is -5.34. The Morgan fingerprint density at radius 1 is 1.27 bits per heavy atom. The monoisotopic (exact) mass is 304 g/mol. The normalized spacial score (nSPS) is 15.1. The van der Waals surface area contributed by atoms with Gasteiger partial charge in [0.15, 0.2) is 0 Å². The maximum absolute atomic E-state index is 13.7. The second kappa shape index (κ2) is 4.76. The number of benzene rings is 1.